The van der Waals surface area contributed by atoms with Crippen LogP contribution in [0.15, 0.2) is 30.3 Å². The first kappa shape index (κ1) is 18.3. The van der Waals surface area contributed by atoms with E-state index in [-0.39, 0.29) is 5.91 Å². The highest BCUT2D eigenvalue weighted by molar-refractivity contribution is 5.95. The lowest BCUT2D eigenvalue weighted by Crippen LogP contribution is -2.35. The van der Waals surface area contributed by atoms with Crippen molar-refractivity contribution in [1.82, 2.24) is 19.9 Å². The molecule has 1 aliphatic rings. The van der Waals surface area contributed by atoms with Crippen molar-refractivity contribution in [1.29, 1.82) is 0 Å². The second kappa shape index (κ2) is 7.50. The number of anilines is 3. The van der Waals surface area contributed by atoms with E-state index in [2.05, 4.69) is 20.3 Å². The highest BCUT2D eigenvalue weighted by Crippen LogP contribution is 2.27. The summed E-state index contributed by atoms with van der Waals surface area (Å²) in [5.74, 6) is 1.49. The number of fused-ring (bicyclic) bond motifs is 1. The average molecular weight is 378 g/mol. The predicted octanol–water partition coefficient (Wildman–Crippen LogP) is 3.70. The molecule has 1 saturated heterocycles. The first-order valence-electron chi connectivity index (χ1n) is 9.72. The van der Waals surface area contributed by atoms with Crippen LogP contribution in [0.25, 0.3) is 11.0 Å². The molecule has 1 amide bonds. The van der Waals surface area contributed by atoms with Gasteiger partial charge in [0, 0.05) is 44.1 Å². The van der Waals surface area contributed by atoms with Crippen molar-refractivity contribution in [3.63, 3.8) is 0 Å². The van der Waals surface area contributed by atoms with Gasteiger partial charge in [0.05, 0.1) is 5.39 Å². The van der Waals surface area contributed by atoms with Crippen molar-refractivity contribution in [2.45, 2.75) is 26.2 Å². The number of hydrogen-bond donors (Lipinski definition) is 2. The molecule has 2 N–H and O–H groups in total. The van der Waals surface area contributed by atoms with E-state index in [1.165, 1.54) is 6.42 Å². The maximum Gasteiger partial charge on any atom is 0.253 e. The summed E-state index contributed by atoms with van der Waals surface area (Å²) < 4.78 is 0. The summed E-state index contributed by atoms with van der Waals surface area (Å²) in [5, 5.41) is 4.32. The molecule has 7 nitrogen and oxygen atoms in total. The molecule has 0 atom stereocenters. The summed E-state index contributed by atoms with van der Waals surface area (Å²) in [7, 11) is 3.84. The molecule has 1 fully saturated rings. The van der Waals surface area contributed by atoms with Gasteiger partial charge in [-0.15, -0.1) is 0 Å². The topological polar surface area (TPSA) is 77.2 Å². The van der Waals surface area contributed by atoms with E-state index in [0.717, 1.165) is 59.7 Å². The van der Waals surface area contributed by atoms with Crippen LogP contribution >= 0.6 is 0 Å². The van der Waals surface area contributed by atoms with Crippen molar-refractivity contribution in [3.8, 4) is 0 Å². The molecule has 0 aliphatic carbocycles. The number of aryl methyl sites for hydroxylation is 1. The van der Waals surface area contributed by atoms with Gasteiger partial charge < -0.3 is 20.1 Å². The number of carbonyl (C=O) groups excluding carboxylic acids is 1. The van der Waals surface area contributed by atoms with E-state index in [0.29, 0.717) is 5.95 Å². The summed E-state index contributed by atoms with van der Waals surface area (Å²) in [6.45, 7) is 3.72. The van der Waals surface area contributed by atoms with Crippen LogP contribution in [0, 0.1) is 6.92 Å². The molecule has 0 bridgehead atoms. The third-order valence-electron chi connectivity index (χ3n) is 5.05. The van der Waals surface area contributed by atoms with Crippen LogP contribution in [0.3, 0.4) is 0 Å². The van der Waals surface area contributed by atoms with Gasteiger partial charge in [0.25, 0.3) is 5.91 Å². The Kier molecular flexibility index (Phi) is 4.90. The fourth-order valence-corrected chi connectivity index (χ4v) is 3.54. The molecule has 3 heterocycles. The Balaban J connectivity index is 1.58. The SMILES string of the molecule is Cc1cc2c(Nc3ccc(C(=O)N4CCCCC4)cc3)nc(N(C)C)nc2[nH]1. The van der Waals surface area contributed by atoms with Gasteiger partial charge in [-0.1, -0.05) is 0 Å². The average Bonchev–Trinajstić information content (AvgIpc) is 3.09. The summed E-state index contributed by atoms with van der Waals surface area (Å²) in [6.07, 6.45) is 3.41. The fraction of sp³-hybridized carbons (Fsp3) is 0.381. The Morgan fingerprint density at radius 1 is 1.11 bits per heavy atom. The smallest absolute Gasteiger partial charge is 0.253 e. The van der Waals surface area contributed by atoms with E-state index < -0.39 is 0 Å². The molecule has 0 radical (unpaired) electrons. The molecule has 1 aliphatic heterocycles. The van der Waals surface area contributed by atoms with Gasteiger partial charge in [-0.05, 0) is 56.5 Å². The van der Waals surface area contributed by atoms with Crippen LogP contribution in [0.5, 0.6) is 0 Å². The van der Waals surface area contributed by atoms with Gasteiger partial charge in [-0.2, -0.15) is 9.97 Å². The minimum absolute atomic E-state index is 0.117. The van der Waals surface area contributed by atoms with Crippen molar-refractivity contribution < 1.29 is 4.79 Å². The number of hydrogen-bond acceptors (Lipinski definition) is 5. The van der Waals surface area contributed by atoms with Crippen LogP contribution in [0.4, 0.5) is 17.5 Å². The number of H-pyrrole nitrogens is 1. The van der Waals surface area contributed by atoms with Gasteiger partial charge in [0.1, 0.15) is 11.5 Å². The number of aromatic amines is 1. The molecule has 146 valence electrons. The normalized spacial score (nSPS) is 14.3. The molecule has 2 aromatic heterocycles. The first-order chi connectivity index (χ1) is 13.5. The molecule has 0 spiro atoms. The highest BCUT2D eigenvalue weighted by atomic mass is 16.2. The number of carbonyl (C=O) groups is 1. The van der Waals surface area contributed by atoms with Gasteiger partial charge in [0.15, 0.2) is 0 Å². The predicted molar refractivity (Wildman–Crippen MR) is 112 cm³/mol. The molecule has 1 aromatic carbocycles. The number of nitrogens with zero attached hydrogens (tertiary/aromatic N) is 4. The molecule has 7 heteroatoms. The largest absolute Gasteiger partial charge is 0.347 e. The number of aromatic nitrogens is 3. The van der Waals surface area contributed by atoms with Gasteiger partial charge >= 0.3 is 0 Å². The number of benzene rings is 1. The van der Waals surface area contributed by atoms with Crippen molar-refractivity contribution in [2.24, 2.45) is 0 Å². The van der Waals surface area contributed by atoms with Crippen LogP contribution < -0.4 is 10.2 Å². The number of nitrogens with one attached hydrogen (secondary N) is 2. The molecule has 28 heavy (non-hydrogen) atoms. The number of piperidine rings is 1. The van der Waals surface area contributed by atoms with Crippen LogP contribution in [0.2, 0.25) is 0 Å². The molecule has 0 unspecified atom stereocenters. The van der Waals surface area contributed by atoms with Gasteiger partial charge in [-0.25, -0.2) is 0 Å². The lowest BCUT2D eigenvalue weighted by atomic mass is 10.1. The lowest BCUT2D eigenvalue weighted by molar-refractivity contribution is 0.0724. The Morgan fingerprint density at radius 2 is 1.82 bits per heavy atom. The van der Waals surface area contributed by atoms with Crippen LogP contribution in [-0.4, -0.2) is 52.9 Å². The summed E-state index contributed by atoms with van der Waals surface area (Å²) in [4.78, 5) is 28.9. The summed E-state index contributed by atoms with van der Waals surface area (Å²) in [6, 6.07) is 9.66. The highest BCUT2D eigenvalue weighted by Gasteiger charge is 2.18. The Morgan fingerprint density at radius 3 is 2.50 bits per heavy atom. The number of likely N-dealkylation sites (tertiary alicyclic amines) is 1. The zero-order valence-corrected chi connectivity index (χ0v) is 16.6. The Labute approximate surface area is 164 Å². The minimum atomic E-state index is 0.117. The van der Waals surface area contributed by atoms with Crippen LogP contribution in [0.1, 0.15) is 35.3 Å². The van der Waals surface area contributed by atoms with E-state index >= 15 is 0 Å². The summed E-state index contributed by atoms with van der Waals surface area (Å²) >= 11 is 0. The number of rotatable bonds is 4. The van der Waals surface area contributed by atoms with E-state index in [1.807, 2.05) is 61.2 Å². The van der Waals surface area contributed by atoms with Gasteiger partial charge in [0.2, 0.25) is 5.95 Å². The standard InChI is InChI=1S/C21H26N6O/c1-14-13-17-18(22-14)24-21(26(2)3)25-19(17)23-16-9-7-15(8-10-16)20(28)27-11-5-4-6-12-27/h7-10,13H,4-6,11-12H2,1-3H3,(H2,22,23,24,25). The minimum Gasteiger partial charge on any atom is -0.347 e. The first-order valence-corrected chi connectivity index (χ1v) is 9.72. The third-order valence-corrected chi connectivity index (χ3v) is 5.05. The maximum absolute atomic E-state index is 12.6. The molecular weight excluding hydrogens is 352 g/mol. The molecular formula is C21H26N6O. The van der Waals surface area contributed by atoms with Crippen LogP contribution in [-0.2, 0) is 0 Å². The van der Waals surface area contributed by atoms with E-state index in [9.17, 15) is 4.79 Å². The van der Waals surface area contributed by atoms with Crippen molar-refractivity contribution >= 4 is 34.4 Å². The zero-order chi connectivity index (χ0) is 19.7. The summed E-state index contributed by atoms with van der Waals surface area (Å²) in [5.41, 5.74) is 3.45. The Hall–Kier alpha value is -3.09. The third kappa shape index (κ3) is 3.65. The maximum atomic E-state index is 12.6. The van der Waals surface area contributed by atoms with E-state index in [1.54, 1.807) is 0 Å². The van der Waals surface area contributed by atoms with E-state index in [4.69, 9.17) is 0 Å². The molecule has 3 aromatic rings. The number of amides is 1. The van der Waals surface area contributed by atoms with Crippen molar-refractivity contribution in [3.05, 3.63) is 41.6 Å². The van der Waals surface area contributed by atoms with Gasteiger partial charge in [-0.3, -0.25) is 4.79 Å². The fourth-order valence-electron chi connectivity index (χ4n) is 3.54. The lowest BCUT2D eigenvalue weighted by Gasteiger charge is -2.26. The monoisotopic (exact) mass is 378 g/mol. The molecule has 0 saturated carbocycles. The van der Waals surface area contributed by atoms with Crippen molar-refractivity contribution in [2.75, 3.05) is 37.4 Å². The molecule has 4 rings (SSSR count). The Bertz CT molecular complexity index is 986. The second-order valence-corrected chi connectivity index (χ2v) is 7.54. The quantitative estimate of drug-likeness (QED) is 0.724. The second-order valence-electron chi connectivity index (χ2n) is 7.54. The zero-order valence-electron chi connectivity index (χ0n) is 16.6.